The molecule has 0 aliphatic carbocycles. The zero-order chi connectivity index (χ0) is 8.69. The summed E-state index contributed by atoms with van der Waals surface area (Å²) in [4.78, 5) is 28.9. The van der Waals surface area contributed by atoms with Crippen LogP contribution in [0, 0.1) is 0 Å². The summed E-state index contributed by atoms with van der Waals surface area (Å²) in [6.07, 6.45) is 3.71. The van der Waals surface area contributed by atoms with Gasteiger partial charge in [-0.2, -0.15) is 6.41 Å². The van der Waals surface area contributed by atoms with E-state index in [0.717, 1.165) is 12.2 Å². The minimum absolute atomic E-state index is 0. The Bertz CT molecular complexity index is 187. The zero-order valence-corrected chi connectivity index (χ0v) is 9.24. The van der Waals surface area contributed by atoms with Gasteiger partial charge in [0, 0.05) is 32.7 Å². The quantitative estimate of drug-likeness (QED) is 0.374. The van der Waals surface area contributed by atoms with Gasteiger partial charge in [-0.25, -0.2) is 0 Å². The molecule has 3 amide bonds. The van der Waals surface area contributed by atoms with E-state index >= 15 is 0 Å². The molecule has 0 saturated carbocycles. The number of nitrogens with one attached hydrogen (secondary N) is 1. The minimum Gasteiger partial charge on any atom is -0.589 e. The Morgan fingerprint density at radius 2 is 1.67 bits per heavy atom. The van der Waals surface area contributed by atoms with Crippen molar-refractivity contribution in [2.24, 2.45) is 0 Å². The Kier molecular flexibility index (Phi) is 9.98. The molecule has 0 bridgehead atoms. The average Bonchev–Trinajstić information content (AvgIpc) is 2.35. The van der Waals surface area contributed by atoms with E-state index in [-0.39, 0.29) is 32.7 Å². The summed E-state index contributed by atoms with van der Waals surface area (Å²) in [5.74, 6) is -0.907. The molecule has 63 valence electrons. The molecule has 5 nitrogen and oxygen atoms in total. The normalized spacial score (nSPS) is 12.1. The van der Waals surface area contributed by atoms with Gasteiger partial charge in [-0.15, -0.1) is 0 Å². The Hall–Kier alpha value is -0.546. The number of hydrogen-bond donors (Lipinski definition) is 1. The minimum atomic E-state index is -0.454. The maximum absolute atomic E-state index is 9.98. The molecule has 0 aromatic heterocycles. The monoisotopic (exact) mass is 243 g/mol. The second kappa shape index (κ2) is 8.55. The van der Waals surface area contributed by atoms with E-state index in [1.54, 1.807) is 0 Å². The van der Waals surface area contributed by atoms with Gasteiger partial charge in [0.25, 0.3) is 0 Å². The van der Waals surface area contributed by atoms with E-state index in [2.05, 4.69) is 10.6 Å². The molecule has 1 N–H and O–H groups in total. The van der Waals surface area contributed by atoms with Crippen molar-refractivity contribution in [3.8, 4) is 0 Å². The largest absolute Gasteiger partial charge is 0.589 e. The van der Waals surface area contributed by atoms with Crippen molar-refractivity contribution >= 4 is 18.2 Å². The number of hydrogen-bond acceptors (Lipinski definition) is 3. The van der Waals surface area contributed by atoms with Crippen LogP contribution in [0.1, 0.15) is 0 Å². The van der Waals surface area contributed by atoms with E-state index in [1.807, 2.05) is 0 Å². The first-order valence-electron chi connectivity index (χ1n) is 2.72. The molecule has 12 heavy (non-hydrogen) atoms. The van der Waals surface area contributed by atoms with Crippen LogP contribution < -0.4 is 5.32 Å². The van der Waals surface area contributed by atoms with Gasteiger partial charge in [0.1, 0.15) is 0 Å². The van der Waals surface area contributed by atoms with Crippen molar-refractivity contribution in [1.29, 1.82) is 0 Å². The molecular formula is C6H6N2O3Y-2. The van der Waals surface area contributed by atoms with Gasteiger partial charge in [0.2, 0.25) is 0 Å². The molecule has 1 radical (unpaired) electrons. The van der Waals surface area contributed by atoms with E-state index in [4.69, 9.17) is 4.79 Å². The second-order valence-electron chi connectivity index (χ2n) is 1.47. The molecule has 0 unspecified atom stereocenters. The van der Waals surface area contributed by atoms with Gasteiger partial charge in [-0.3, -0.25) is 0 Å². The second-order valence-corrected chi connectivity index (χ2v) is 1.47. The predicted molar refractivity (Wildman–Crippen MR) is 37.3 cm³/mol. The summed E-state index contributed by atoms with van der Waals surface area (Å²) < 4.78 is 0. The first-order valence-corrected chi connectivity index (χ1v) is 2.72. The number of carbonyl (C=O) groups is 2. The Balaban J connectivity index is 0. The molecule has 0 atom stereocenters. The van der Waals surface area contributed by atoms with Crippen LogP contribution in [-0.2, 0) is 47.1 Å². The molecule has 0 spiro atoms. The van der Waals surface area contributed by atoms with Crippen LogP contribution in [0.5, 0.6) is 0 Å². The molecule has 1 aliphatic rings. The van der Waals surface area contributed by atoms with Crippen LogP contribution >= 0.6 is 0 Å². The fraction of sp³-hybridized carbons (Fsp3) is 0.167. The first kappa shape index (κ1) is 14.0. The predicted octanol–water partition coefficient (Wildman–Crippen LogP) is -0.746. The number of nitrogens with zero attached hydrogens (tertiary/aromatic N) is 1. The van der Waals surface area contributed by atoms with Crippen LogP contribution in [0.2, 0.25) is 0 Å². The van der Waals surface area contributed by atoms with Gasteiger partial charge in [-0.05, 0) is 19.2 Å². The topological polar surface area (TPSA) is 77.3 Å². The standard InChI is InChI=1S/C4H3NO2.C2H4NO.Y/c6-3-1-2-4(7)5-3;1-3-2-4;/h1-2H,(H,5,6,7);1H3,(H,3,4);/q;-1;/p-1. The number of rotatable bonds is 1. The Morgan fingerprint density at radius 1 is 1.33 bits per heavy atom. The fourth-order valence-corrected chi connectivity index (χ4v) is 0.326. The van der Waals surface area contributed by atoms with Crippen LogP contribution in [0.25, 0.3) is 5.32 Å². The smallest absolute Gasteiger partial charge is 0.0803 e. The third-order valence-electron chi connectivity index (χ3n) is 0.691. The molecular weight excluding hydrogens is 237 g/mol. The molecule has 1 rings (SSSR count). The van der Waals surface area contributed by atoms with Crippen molar-refractivity contribution in [2.75, 3.05) is 7.05 Å². The molecule has 0 fully saturated rings. The average molecular weight is 243 g/mol. The van der Waals surface area contributed by atoms with Crippen LogP contribution in [0.15, 0.2) is 12.2 Å². The van der Waals surface area contributed by atoms with Crippen LogP contribution in [-0.4, -0.2) is 25.3 Å². The van der Waals surface area contributed by atoms with E-state index in [0.29, 0.717) is 0 Å². The van der Waals surface area contributed by atoms with Gasteiger partial charge >= 0.3 is 0 Å². The summed E-state index contributed by atoms with van der Waals surface area (Å²) in [5, 5.41) is 5.12. The number of carbonyl (C=O) groups excluding carboxylic acids is 3. The van der Waals surface area contributed by atoms with Gasteiger partial charge in [0.15, 0.2) is 0 Å². The first-order chi connectivity index (χ1) is 5.20. The van der Waals surface area contributed by atoms with Gasteiger partial charge in [-0.1, -0.05) is 0 Å². The van der Waals surface area contributed by atoms with E-state index in [1.165, 1.54) is 13.5 Å². The molecule has 0 saturated heterocycles. The fourth-order valence-electron chi connectivity index (χ4n) is 0.326. The van der Waals surface area contributed by atoms with E-state index < -0.39 is 11.8 Å². The molecule has 6 heteroatoms. The summed E-state index contributed by atoms with van der Waals surface area (Å²) in [6, 6.07) is 0. The third-order valence-corrected chi connectivity index (χ3v) is 0.691. The van der Waals surface area contributed by atoms with Crippen molar-refractivity contribution < 1.29 is 47.1 Å². The summed E-state index contributed by atoms with van der Waals surface area (Å²) in [7, 11) is 1.51. The SMILES string of the molecule is CN[C-]=O.O=C1C=CC(=O)[N-]1.[Y]. The van der Waals surface area contributed by atoms with Crippen molar-refractivity contribution in [2.45, 2.75) is 0 Å². The molecule has 1 heterocycles. The summed E-state index contributed by atoms with van der Waals surface area (Å²) in [6.45, 7) is 0. The number of imide groups is 1. The summed E-state index contributed by atoms with van der Waals surface area (Å²) in [5.41, 5.74) is 0. The van der Waals surface area contributed by atoms with Crippen molar-refractivity contribution in [1.82, 2.24) is 5.32 Å². The number of amides is 3. The van der Waals surface area contributed by atoms with Crippen molar-refractivity contribution in [3.05, 3.63) is 17.5 Å². The summed E-state index contributed by atoms with van der Waals surface area (Å²) >= 11 is 0. The van der Waals surface area contributed by atoms with Gasteiger partial charge in [0.05, 0.1) is 11.8 Å². The Morgan fingerprint density at radius 3 is 1.75 bits per heavy atom. The molecule has 0 aromatic rings. The van der Waals surface area contributed by atoms with Crippen LogP contribution in [0.4, 0.5) is 0 Å². The van der Waals surface area contributed by atoms with Crippen molar-refractivity contribution in [3.63, 3.8) is 0 Å². The maximum atomic E-state index is 9.98. The molecule has 0 aromatic carbocycles. The van der Waals surface area contributed by atoms with Crippen LogP contribution in [0.3, 0.4) is 0 Å². The zero-order valence-electron chi connectivity index (χ0n) is 6.40. The third kappa shape index (κ3) is 7.56. The molecule has 1 aliphatic heterocycles. The van der Waals surface area contributed by atoms with E-state index in [9.17, 15) is 9.59 Å². The Labute approximate surface area is 94.8 Å². The van der Waals surface area contributed by atoms with Gasteiger partial charge < -0.3 is 25.0 Å². The maximum Gasteiger partial charge on any atom is 0.0803 e.